The van der Waals surface area contributed by atoms with Gasteiger partial charge in [-0.05, 0) is 12.1 Å². The number of para-hydroxylation sites is 1. The third-order valence-corrected chi connectivity index (χ3v) is 3.34. The number of imidazole rings is 1. The maximum Gasteiger partial charge on any atom is 0.165 e. The van der Waals surface area contributed by atoms with Gasteiger partial charge in [-0.25, -0.2) is 18.2 Å². The Morgan fingerprint density at radius 1 is 1.09 bits per heavy atom. The first-order chi connectivity index (χ1) is 11.0. The topological polar surface area (TPSA) is 47.3 Å². The van der Waals surface area contributed by atoms with Crippen molar-refractivity contribution in [3.8, 4) is 5.75 Å². The van der Waals surface area contributed by atoms with Crippen molar-refractivity contribution in [3.05, 3.63) is 60.2 Å². The number of aliphatic hydroxyl groups is 1. The van der Waals surface area contributed by atoms with Crippen molar-refractivity contribution >= 4 is 11.0 Å². The van der Waals surface area contributed by atoms with Crippen molar-refractivity contribution in [2.24, 2.45) is 0 Å². The Bertz CT molecular complexity index is 835. The molecule has 1 unspecified atom stereocenters. The van der Waals surface area contributed by atoms with Crippen molar-refractivity contribution < 1.29 is 23.0 Å². The number of aromatic nitrogens is 2. The smallest absolute Gasteiger partial charge is 0.165 e. The van der Waals surface area contributed by atoms with E-state index in [4.69, 9.17) is 4.74 Å². The molecule has 2 aromatic carbocycles. The van der Waals surface area contributed by atoms with E-state index in [2.05, 4.69) is 4.98 Å². The Labute approximate surface area is 129 Å². The van der Waals surface area contributed by atoms with Crippen LogP contribution in [0, 0.1) is 17.5 Å². The van der Waals surface area contributed by atoms with Crippen molar-refractivity contribution in [1.29, 1.82) is 0 Å². The fourth-order valence-corrected chi connectivity index (χ4v) is 2.23. The van der Waals surface area contributed by atoms with Gasteiger partial charge in [0.05, 0.1) is 23.9 Å². The number of fused-ring (bicyclic) bond motifs is 1. The van der Waals surface area contributed by atoms with Crippen LogP contribution in [0.5, 0.6) is 5.75 Å². The molecule has 0 aliphatic carbocycles. The molecule has 0 saturated carbocycles. The van der Waals surface area contributed by atoms with Gasteiger partial charge in [-0.3, -0.25) is 0 Å². The standard InChI is InChI=1S/C16H13F3N2O2/c17-11-3-1-2-4-16(11)23-8-10(22)7-21-9-20-14-5-12(18)13(19)6-15(14)21/h1-6,9-10,22H,7-8H2. The molecule has 7 heteroatoms. The number of halogens is 3. The molecule has 0 aliphatic heterocycles. The molecule has 0 saturated heterocycles. The average Bonchev–Trinajstić information content (AvgIpc) is 2.89. The second kappa shape index (κ2) is 6.29. The summed E-state index contributed by atoms with van der Waals surface area (Å²) < 4.78 is 46.5. The van der Waals surface area contributed by atoms with Gasteiger partial charge >= 0.3 is 0 Å². The number of hydrogen-bond acceptors (Lipinski definition) is 3. The SMILES string of the molecule is OC(COc1ccccc1F)Cn1cnc2cc(F)c(F)cc21. The highest BCUT2D eigenvalue weighted by Crippen LogP contribution is 2.19. The fraction of sp³-hybridized carbons (Fsp3) is 0.188. The molecule has 3 rings (SSSR count). The van der Waals surface area contributed by atoms with E-state index < -0.39 is 23.6 Å². The van der Waals surface area contributed by atoms with Gasteiger partial charge in [-0.1, -0.05) is 12.1 Å². The van der Waals surface area contributed by atoms with E-state index in [-0.39, 0.29) is 24.4 Å². The molecule has 0 radical (unpaired) electrons. The van der Waals surface area contributed by atoms with Gasteiger partial charge in [0.2, 0.25) is 0 Å². The molecule has 0 bridgehead atoms. The normalized spacial score (nSPS) is 12.5. The van der Waals surface area contributed by atoms with Crippen LogP contribution in [0.2, 0.25) is 0 Å². The Morgan fingerprint density at radius 3 is 2.61 bits per heavy atom. The predicted molar refractivity (Wildman–Crippen MR) is 77.6 cm³/mol. The van der Waals surface area contributed by atoms with Crippen LogP contribution in [-0.2, 0) is 6.54 Å². The van der Waals surface area contributed by atoms with Crippen LogP contribution in [0.15, 0.2) is 42.7 Å². The molecule has 1 aromatic heterocycles. The number of nitrogens with zero attached hydrogens (tertiary/aromatic N) is 2. The van der Waals surface area contributed by atoms with Gasteiger partial charge in [-0.15, -0.1) is 0 Å². The summed E-state index contributed by atoms with van der Waals surface area (Å²) >= 11 is 0. The number of rotatable bonds is 5. The summed E-state index contributed by atoms with van der Waals surface area (Å²) in [7, 11) is 0. The van der Waals surface area contributed by atoms with Crippen LogP contribution in [0.25, 0.3) is 11.0 Å². The molecule has 0 spiro atoms. The molecule has 0 aliphatic rings. The lowest BCUT2D eigenvalue weighted by molar-refractivity contribution is 0.0914. The molecular formula is C16H13F3N2O2. The van der Waals surface area contributed by atoms with Gasteiger partial charge in [0.1, 0.15) is 12.7 Å². The minimum Gasteiger partial charge on any atom is -0.488 e. The maximum absolute atomic E-state index is 13.4. The molecule has 3 aromatic rings. The summed E-state index contributed by atoms with van der Waals surface area (Å²) in [6.45, 7) is -0.0969. The highest BCUT2D eigenvalue weighted by atomic mass is 19.2. The zero-order valence-electron chi connectivity index (χ0n) is 11.9. The van der Waals surface area contributed by atoms with E-state index in [1.807, 2.05) is 0 Å². The molecular weight excluding hydrogens is 309 g/mol. The Balaban J connectivity index is 1.69. The van der Waals surface area contributed by atoms with E-state index in [0.717, 1.165) is 12.1 Å². The Morgan fingerprint density at radius 2 is 1.83 bits per heavy atom. The number of aliphatic hydroxyl groups excluding tert-OH is 1. The van der Waals surface area contributed by atoms with E-state index in [0.29, 0.717) is 5.52 Å². The second-order valence-corrected chi connectivity index (χ2v) is 5.05. The summed E-state index contributed by atoms with van der Waals surface area (Å²) in [6.07, 6.45) is 0.399. The Kier molecular flexibility index (Phi) is 4.20. The molecule has 23 heavy (non-hydrogen) atoms. The third-order valence-electron chi connectivity index (χ3n) is 3.34. The van der Waals surface area contributed by atoms with Gasteiger partial charge in [0.15, 0.2) is 23.2 Å². The summed E-state index contributed by atoms with van der Waals surface area (Å²) in [5, 5.41) is 9.99. The first-order valence-electron chi connectivity index (χ1n) is 6.90. The van der Waals surface area contributed by atoms with Gasteiger partial charge in [0, 0.05) is 12.1 Å². The molecule has 120 valence electrons. The highest BCUT2D eigenvalue weighted by Gasteiger charge is 2.13. The lowest BCUT2D eigenvalue weighted by Gasteiger charge is -2.14. The minimum atomic E-state index is -0.989. The predicted octanol–water partition coefficient (Wildman–Crippen LogP) is 2.89. The molecule has 4 nitrogen and oxygen atoms in total. The van der Waals surface area contributed by atoms with Crippen LogP contribution in [0.4, 0.5) is 13.2 Å². The van der Waals surface area contributed by atoms with Crippen molar-refractivity contribution in [3.63, 3.8) is 0 Å². The zero-order chi connectivity index (χ0) is 16.4. The van der Waals surface area contributed by atoms with E-state index in [1.165, 1.54) is 29.1 Å². The third kappa shape index (κ3) is 3.29. The van der Waals surface area contributed by atoms with Crippen molar-refractivity contribution in [2.45, 2.75) is 12.6 Å². The van der Waals surface area contributed by atoms with Crippen LogP contribution in [0.1, 0.15) is 0 Å². The van der Waals surface area contributed by atoms with Crippen LogP contribution in [0.3, 0.4) is 0 Å². The first-order valence-corrected chi connectivity index (χ1v) is 6.90. The summed E-state index contributed by atoms with van der Waals surface area (Å²) in [5.74, 6) is -2.46. The second-order valence-electron chi connectivity index (χ2n) is 5.05. The maximum atomic E-state index is 13.4. The van der Waals surface area contributed by atoms with Gasteiger partial charge in [-0.2, -0.15) is 0 Å². The summed E-state index contributed by atoms with van der Waals surface area (Å²) in [5.41, 5.74) is 0.639. The van der Waals surface area contributed by atoms with Crippen LogP contribution in [-0.4, -0.2) is 27.4 Å². The molecule has 0 fully saturated rings. The summed E-state index contributed by atoms with van der Waals surface area (Å²) in [6, 6.07) is 7.86. The van der Waals surface area contributed by atoms with E-state index >= 15 is 0 Å². The highest BCUT2D eigenvalue weighted by molar-refractivity contribution is 5.75. The molecule has 1 N–H and O–H groups in total. The number of benzene rings is 2. The van der Waals surface area contributed by atoms with Gasteiger partial charge < -0.3 is 14.4 Å². The number of ether oxygens (including phenoxy) is 1. The average molecular weight is 322 g/mol. The van der Waals surface area contributed by atoms with E-state index in [1.54, 1.807) is 6.07 Å². The molecule has 0 amide bonds. The van der Waals surface area contributed by atoms with Crippen LogP contribution < -0.4 is 4.74 Å². The van der Waals surface area contributed by atoms with Crippen molar-refractivity contribution in [2.75, 3.05) is 6.61 Å². The summed E-state index contributed by atoms with van der Waals surface area (Å²) in [4.78, 5) is 3.95. The largest absolute Gasteiger partial charge is 0.488 e. The zero-order valence-corrected chi connectivity index (χ0v) is 11.9. The molecule has 1 atom stereocenters. The first kappa shape index (κ1) is 15.4. The lowest BCUT2D eigenvalue weighted by Crippen LogP contribution is -2.23. The lowest BCUT2D eigenvalue weighted by atomic mass is 10.3. The number of hydrogen-bond donors (Lipinski definition) is 1. The van der Waals surface area contributed by atoms with E-state index in [9.17, 15) is 18.3 Å². The van der Waals surface area contributed by atoms with Crippen LogP contribution >= 0.6 is 0 Å². The Hall–Kier alpha value is -2.54. The monoisotopic (exact) mass is 322 g/mol. The van der Waals surface area contributed by atoms with Crippen molar-refractivity contribution in [1.82, 2.24) is 9.55 Å². The quantitative estimate of drug-likeness (QED) is 0.786. The molecule has 1 heterocycles. The fourth-order valence-electron chi connectivity index (χ4n) is 2.23. The van der Waals surface area contributed by atoms with Gasteiger partial charge in [0.25, 0.3) is 0 Å². The minimum absolute atomic E-state index is 0.0372.